The van der Waals surface area contributed by atoms with Crippen LogP contribution in [0.15, 0.2) is 69.9 Å². The van der Waals surface area contributed by atoms with Crippen LogP contribution < -0.4 is 24.5 Å². The van der Waals surface area contributed by atoms with Crippen LogP contribution in [-0.2, 0) is 0 Å². The SMILES string of the molecule is CCOc1cc(C2c3c(oc4ccc(F)cc4c3=O)C(=O)N2c2cccc(OC)c2)ccc1OCCC(C)C. The molecule has 2 heterocycles. The molecule has 3 aromatic carbocycles. The van der Waals surface area contributed by atoms with E-state index in [1.54, 1.807) is 36.4 Å². The summed E-state index contributed by atoms with van der Waals surface area (Å²) < 4.78 is 37.4. The minimum Gasteiger partial charge on any atom is -0.497 e. The highest BCUT2D eigenvalue weighted by Crippen LogP contribution is 2.44. The fraction of sp³-hybridized carbons (Fsp3) is 0.290. The van der Waals surface area contributed by atoms with Gasteiger partial charge < -0.3 is 18.6 Å². The fourth-order valence-corrected chi connectivity index (χ4v) is 4.77. The maximum Gasteiger partial charge on any atom is 0.295 e. The van der Waals surface area contributed by atoms with E-state index in [0.29, 0.717) is 47.6 Å². The maximum atomic E-state index is 14.1. The summed E-state index contributed by atoms with van der Waals surface area (Å²) in [6, 6.07) is 15.2. The van der Waals surface area contributed by atoms with Gasteiger partial charge in [-0.2, -0.15) is 0 Å². The van der Waals surface area contributed by atoms with E-state index in [-0.39, 0.29) is 22.3 Å². The molecule has 1 aliphatic heterocycles. The molecular formula is C31H30FNO6. The Morgan fingerprint density at radius 1 is 1.00 bits per heavy atom. The fourth-order valence-electron chi connectivity index (χ4n) is 4.77. The number of hydrogen-bond donors (Lipinski definition) is 0. The number of amides is 1. The van der Waals surface area contributed by atoms with Gasteiger partial charge in [0, 0.05) is 11.8 Å². The normalized spacial score (nSPS) is 14.7. The number of methoxy groups -OCH3 is 1. The highest BCUT2D eigenvalue weighted by atomic mass is 19.1. The lowest BCUT2D eigenvalue weighted by Gasteiger charge is -2.26. The average Bonchev–Trinajstić information content (AvgIpc) is 3.22. The summed E-state index contributed by atoms with van der Waals surface area (Å²) in [6.07, 6.45) is 0.881. The van der Waals surface area contributed by atoms with Gasteiger partial charge in [0.05, 0.1) is 37.3 Å². The second-order valence-electron chi connectivity index (χ2n) is 9.76. The number of ether oxygens (including phenoxy) is 3. The molecule has 0 aliphatic carbocycles. The second kappa shape index (κ2) is 10.8. The van der Waals surface area contributed by atoms with Crippen molar-refractivity contribution in [3.05, 3.63) is 93.6 Å². The van der Waals surface area contributed by atoms with Crippen molar-refractivity contribution in [3.63, 3.8) is 0 Å². The van der Waals surface area contributed by atoms with Gasteiger partial charge in [-0.15, -0.1) is 0 Å². The van der Waals surface area contributed by atoms with Crippen LogP contribution in [0.25, 0.3) is 11.0 Å². The van der Waals surface area contributed by atoms with Gasteiger partial charge >= 0.3 is 0 Å². The van der Waals surface area contributed by atoms with Gasteiger partial charge in [-0.25, -0.2) is 4.39 Å². The van der Waals surface area contributed by atoms with Crippen LogP contribution in [0.3, 0.4) is 0 Å². The molecule has 8 heteroatoms. The molecule has 7 nitrogen and oxygen atoms in total. The number of anilines is 1. The van der Waals surface area contributed by atoms with Crippen molar-refractivity contribution >= 4 is 22.6 Å². The Morgan fingerprint density at radius 2 is 1.82 bits per heavy atom. The molecule has 4 aromatic rings. The summed E-state index contributed by atoms with van der Waals surface area (Å²) in [7, 11) is 1.54. The van der Waals surface area contributed by atoms with Gasteiger partial charge in [-0.05, 0) is 67.3 Å². The smallest absolute Gasteiger partial charge is 0.295 e. The molecule has 39 heavy (non-hydrogen) atoms. The van der Waals surface area contributed by atoms with Crippen LogP contribution in [0, 0.1) is 11.7 Å². The molecule has 1 aromatic heterocycles. The Balaban J connectivity index is 1.70. The largest absolute Gasteiger partial charge is 0.497 e. The lowest BCUT2D eigenvalue weighted by Crippen LogP contribution is -2.29. The number of benzene rings is 3. The van der Waals surface area contributed by atoms with E-state index >= 15 is 0 Å². The van der Waals surface area contributed by atoms with E-state index in [4.69, 9.17) is 18.6 Å². The third kappa shape index (κ3) is 4.94. The lowest BCUT2D eigenvalue weighted by molar-refractivity contribution is 0.0971. The Kier molecular flexibility index (Phi) is 7.28. The van der Waals surface area contributed by atoms with Crippen molar-refractivity contribution in [2.75, 3.05) is 25.2 Å². The molecule has 1 atom stereocenters. The third-order valence-corrected chi connectivity index (χ3v) is 6.70. The topological polar surface area (TPSA) is 78.2 Å². The summed E-state index contributed by atoms with van der Waals surface area (Å²) in [5.74, 6) is 0.972. The average molecular weight is 532 g/mol. The number of carbonyl (C=O) groups excluding carboxylic acids is 1. The number of rotatable bonds is 9. The van der Waals surface area contributed by atoms with Gasteiger partial charge in [0.15, 0.2) is 16.9 Å². The van der Waals surface area contributed by atoms with Crippen LogP contribution in [-0.4, -0.2) is 26.2 Å². The lowest BCUT2D eigenvalue weighted by atomic mass is 9.97. The van der Waals surface area contributed by atoms with Crippen LogP contribution in [0.4, 0.5) is 10.1 Å². The van der Waals surface area contributed by atoms with Crippen molar-refractivity contribution in [1.29, 1.82) is 0 Å². The van der Waals surface area contributed by atoms with E-state index in [9.17, 15) is 14.0 Å². The summed E-state index contributed by atoms with van der Waals surface area (Å²) >= 11 is 0. The maximum absolute atomic E-state index is 14.1. The Morgan fingerprint density at radius 3 is 2.56 bits per heavy atom. The van der Waals surface area contributed by atoms with E-state index in [2.05, 4.69) is 13.8 Å². The minimum absolute atomic E-state index is 0.0673. The summed E-state index contributed by atoms with van der Waals surface area (Å²) in [4.78, 5) is 29.1. The number of nitrogens with zero attached hydrogens (tertiary/aromatic N) is 1. The van der Waals surface area contributed by atoms with E-state index in [1.807, 2.05) is 13.0 Å². The first-order chi connectivity index (χ1) is 18.8. The molecule has 5 rings (SSSR count). The summed E-state index contributed by atoms with van der Waals surface area (Å²) in [5.41, 5.74) is 0.943. The quantitative estimate of drug-likeness (QED) is 0.245. The number of carbonyl (C=O) groups is 1. The standard InChI is InChI=1S/C31H30FNO6/c1-5-37-26-15-19(9-11-25(26)38-14-13-18(2)3)28-27-29(34)23-16-20(32)10-12-24(23)39-30(27)31(35)33(28)21-7-6-8-22(17-21)36-4/h6-12,15-18,28H,5,13-14H2,1-4H3. The highest BCUT2D eigenvalue weighted by molar-refractivity contribution is 6.10. The van der Waals surface area contributed by atoms with E-state index in [1.165, 1.54) is 24.1 Å². The van der Waals surface area contributed by atoms with Crippen LogP contribution in [0.2, 0.25) is 0 Å². The molecule has 1 aliphatic rings. The first kappa shape index (κ1) is 26.3. The molecule has 1 amide bonds. The summed E-state index contributed by atoms with van der Waals surface area (Å²) in [6.45, 7) is 7.04. The molecule has 0 radical (unpaired) electrons. The van der Waals surface area contributed by atoms with Crippen LogP contribution in [0.5, 0.6) is 17.2 Å². The molecule has 0 fully saturated rings. The first-order valence-corrected chi connectivity index (χ1v) is 13.0. The predicted molar refractivity (Wildman–Crippen MR) is 147 cm³/mol. The van der Waals surface area contributed by atoms with Crippen molar-refractivity contribution in [2.45, 2.75) is 33.2 Å². The Bertz CT molecular complexity index is 1590. The third-order valence-electron chi connectivity index (χ3n) is 6.70. The van der Waals surface area contributed by atoms with Gasteiger partial charge in [0.1, 0.15) is 17.1 Å². The molecular weight excluding hydrogens is 501 g/mol. The molecule has 0 saturated heterocycles. The van der Waals surface area contributed by atoms with Gasteiger partial charge in [0.2, 0.25) is 5.76 Å². The molecule has 1 unspecified atom stereocenters. The zero-order chi connectivity index (χ0) is 27.7. The van der Waals surface area contributed by atoms with Gasteiger partial charge in [-0.1, -0.05) is 26.0 Å². The van der Waals surface area contributed by atoms with Crippen molar-refractivity contribution in [2.24, 2.45) is 5.92 Å². The number of hydrogen-bond acceptors (Lipinski definition) is 6. The highest BCUT2D eigenvalue weighted by Gasteiger charge is 2.44. The summed E-state index contributed by atoms with van der Waals surface area (Å²) in [5, 5.41) is 0.0673. The Hall–Kier alpha value is -4.33. The molecule has 0 spiro atoms. The predicted octanol–water partition coefficient (Wildman–Crippen LogP) is 6.51. The number of halogens is 1. The molecule has 0 bridgehead atoms. The first-order valence-electron chi connectivity index (χ1n) is 13.0. The van der Waals surface area contributed by atoms with Crippen LogP contribution >= 0.6 is 0 Å². The van der Waals surface area contributed by atoms with E-state index in [0.717, 1.165) is 12.5 Å². The van der Waals surface area contributed by atoms with E-state index < -0.39 is 23.2 Å². The molecule has 202 valence electrons. The Labute approximate surface area is 225 Å². The second-order valence-corrected chi connectivity index (χ2v) is 9.76. The van der Waals surface area contributed by atoms with Crippen molar-refractivity contribution in [3.8, 4) is 17.2 Å². The monoisotopic (exact) mass is 531 g/mol. The number of fused-ring (bicyclic) bond motifs is 2. The zero-order valence-electron chi connectivity index (χ0n) is 22.3. The minimum atomic E-state index is -0.854. The van der Waals surface area contributed by atoms with Gasteiger partial charge in [0.25, 0.3) is 5.91 Å². The van der Waals surface area contributed by atoms with Gasteiger partial charge in [-0.3, -0.25) is 14.5 Å². The van der Waals surface area contributed by atoms with Crippen LogP contribution in [0.1, 0.15) is 54.9 Å². The van der Waals surface area contributed by atoms with Crippen molar-refractivity contribution in [1.82, 2.24) is 0 Å². The molecule has 0 N–H and O–H groups in total. The zero-order valence-corrected chi connectivity index (χ0v) is 22.3. The van der Waals surface area contributed by atoms with Crippen molar-refractivity contribution < 1.29 is 27.8 Å². The molecule has 0 saturated carbocycles.